The first kappa shape index (κ1) is 15.9. The van der Waals surface area contributed by atoms with Crippen molar-refractivity contribution in [1.29, 1.82) is 0 Å². The van der Waals surface area contributed by atoms with Crippen molar-refractivity contribution in [3.05, 3.63) is 72.1 Å². The number of nitrogens with zero attached hydrogens (tertiary/aromatic N) is 3. The van der Waals surface area contributed by atoms with E-state index in [0.717, 1.165) is 0 Å². The van der Waals surface area contributed by atoms with Gasteiger partial charge in [0.2, 0.25) is 0 Å². The van der Waals surface area contributed by atoms with Crippen LogP contribution in [0.1, 0.15) is 16.1 Å². The molecule has 0 fully saturated rings. The summed E-state index contributed by atoms with van der Waals surface area (Å²) < 4.78 is 28.1. The zero-order valence-corrected chi connectivity index (χ0v) is 13.6. The Kier molecular flexibility index (Phi) is 4.13. The van der Waals surface area contributed by atoms with Crippen molar-refractivity contribution in [2.75, 3.05) is 0 Å². The second-order valence-corrected chi connectivity index (χ2v) is 6.73. The molecule has 0 saturated heterocycles. The normalized spacial score (nSPS) is 11.2. The van der Waals surface area contributed by atoms with Crippen LogP contribution in [0.2, 0.25) is 0 Å². The van der Waals surface area contributed by atoms with Crippen molar-refractivity contribution in [2.45, 2.75) is 11.8 Å². The molecule has 1 amide bonds. The number of rotatable bonds is 4. The van der Waals surface area contributed by atoms with E-state index in [0.29, 0.717) is 11.3 Å². The van der Waals surface area contributed by atoms with Crippen molar-refractivity contribution in [2.24, 2.45) is 0 Å². The van der Waals surface area contributed by atoms with Gasteiger partial charge in [0.1, 0.15) is 0 Å². The quantitative estimate of drug-likeness (QED) is 0.779. The zero-order chi connectivity index (χ0) is 17.2. The molecule has 7 nitrogen and oxygen atoms in total. The minimum Gasteiger partial charge on any atom is -0.266 e. The molecule has 2 aromatic carbocycles. The lowest BCUT2D eigenvalue weighted by molar-refractivity contribution is 0.0976. The van der Waals surface area contributed by atoms with Crippen LogP contribution in [0, 0.1) is 6.92 Å². The third kappa shape index (κ3) is 3.18. The van der Waals surface area contributed by atoms with Crippen molar-refractivity contribution >= 4 is 15.9 Å². The van der Waals surface area contributed by atoms with Crippen LogP contribution in [0.4, 0.5) is 0 Å². The number of para-hydroxylation sites is 1. The fourth-order valence-electron chi connectivity index (χ4n) is 2.16. The Labute approximate surface area is 139 Å². The number of amides is 1. The molecule has 0 unspecified atom stereocenters. The van der Waals surface area contributed by atoms with Gasteiger partial charge in [0.15, 0.2) is 5.69 Å². The molecule has 8 heteroatoms. The van der Waals surface area contributed by atoms with E-state index < -0.39 is 15.9 Å². The summed E-state index contributed by atoms with van der Waals surface area (Å²) in [6.45, 7) is 1.66. The summed E-state index contributed by atoms with van der Waals surface area (Å²) >= 11 is 0. The highest BCUT2D eigenvalue weighted by Crippen LogP contribution is 2.14. The van der Waals surface area contributed by atoms with Crippen LogP contribution in [0.15, 0.2) is 65.7 Å². The predicted octanol–water partition coefficient (Wildman–Crippen LogP) is 1.69. The number of aryl methyl sites for hydroxylation is 1. The average molecular weight is 342 g/mol. The van der Waals surface area contributed by atoms with Gasteiger partial charge in [-0.05, 0) is 30.7 Å². The molecular formula is C16H14N4O3S. The smallest absolute Gasteiger partial charge is 0.266 e. The Bertz CT molecular complexity index is 981. The van der Waals surface area contributed by atoms with Crippen LogP contribution in [-0.4, -0.2) is 29.3 Å². The van der Waals surface area contributed by atoms with Crippen LogP contribution in [0.3, 0.4) is 0 Å². The minimum absolute atomic E-state index is 0.0498. The van der Waals surface area contributed by atoms with Gasteiger partial charge < -0.3 is 0 Å². The molecule has 0 aliphatic carbocycles. The van der Waals surface area contributed by atoms with E-state index in [-0.39, 0.29) is 10.6 Å². The molecule has 0 aliphatic heterocycles. The predicted molar refractivity (Wildman–Crippen MR) is 87.2 cm³/mol. The van der Waals surface area contributed by atoms with E-state index >= 15 is 0 Å². The number of carbonyl (C=O) groups excluding carboxylic acids is 1. The molecule has 0 radical (unpaired) electrons. The van der Waals surface area contributed by atoms with Gasteiger partial charge >= 0.3 is 0 Å². The van der Waals surface area contributed by atoms with Crippen LogP contribution in [0.25, 0.3) is 5.69 Å². The van der Waals surface area contributed by atoms with Gasteiger partial charge in [-0.1, -0.05) is 41.6 Å². The Morgan fingerprint density at radius 2 is 1.71 bits per heavy atom. The summed E-state index contributed by atoms with van der Waals surface area (Å²) in [5.74, 6) is -0.833. The van der Waals surface area contributed by atoms with Gasteiger partial charge in [-0.2, -0.15) is 0 Å². The van der Waals surface area contributed by atoms with Gasteiger partial charge in [0.05, 0.1) is 16.8 Å². The average Bonchev–Trinajstić information content (AvgIpc) is 3.06. The number of aromatic nitrogens is 3. The number of hydrogen-bond donors (Lipinski definition) is 1. The monoisotopic (exact) mass is 342 g/mol. The van der Waals surface area contributed by atoms with Gasteiger partial charge in [0, 0.05) is 0 Å². The number of carbonyl (C=O) groups is 1. The highest BCUT2D eigenvalue weighted by atomic mass is 32.2. The second-order valence-electron chi connectivity index (χ2n) is 5.08. The van der Waals surface area contributed by atoms with Crippen molar-refractivity contribution in [3.63, 3.8) is 0 Å². The summed E-state index contributed by atoms with van der Waals surface area (Å²) in [5, 5.41) is 7.57. The van der Waals surface area contributed by atoms with E-state index in [1.807, 2.05) is 22.9 Å². The fourth-order valence-corrected chi connectivity index (χ4v) is 3.37. The molecular weight excluding hydrogens is 328 g/mol. The molecule has 1 heterocycles. The summed E-state index contributed by atoms with van der Waals surface area (Å²) in [5.41, 5.74) is 1.17. The third-order valence-electron chi connectivity index (χ3n) is 3.36. The lowest BCUT2D eigenvalue weighted by Crippen LogP contribution is -2.31. The summed E-state index contributed by atoms with van der Waals surface area (Å²) in [6, 6.07) is 15.5. The summed E-state index contributed by atoms with van der Waals surface area (Å²) in [7, 11) is -3.97. The Morgan fingerprint density at radius 1 is 1.04 bits per heavy atom. The van der Waals surface area contributed by atoms with Crippen LogP contribution >= 0.6 is 0 Å². The lowest BCUT2D eigenvalue weighted by atomic mass is 10.2. The minimum atomic E-state index is -3.97. The Balaban J connectivity index is 1.83. The lowest BCUT2D eigenvalue weighted by Gasteiger charge is -2.07. The molecule has 0 spiro atoms. The molecule has 1 N–H and O–H groups in total. The van der Waals surface area contributed by atoms with E-state index in [4.69, 9.17) is 0 Å². The van der Waals surface area contributed by atoms with Gasteiger partial charge in [-0.15, -0.1) is 5.10 Å². The topological polar surface area (TPSA) is 94.0 Å². The largest absolute Gasteiger partial charge is 0.287 e. The molecule has 3 aromatic rings. The first-order chi connectivity index (χ1) is 11.5. The number of sulfonamides is 1. The standard InChI is InChI=1S/C16H14N4O3S/c1-12-7-5-6-10-15(12)24(22,23)18-16(21)14-11-20(19-17-14)13-8-3-2-4-9-13/h2-11H,1H3,(H,18,21). The van der Waals surface area contributed by atoms with Crippen molar-refractivity contribution in [1.82, 2.24) is 19.7 Å². The van der Waals surface area contributed by atoms with Crippen LogP contribution in [0.5, 0.6) is 0 Å². The van der Waals surface area contributed by atoms with E-state index in [1.54, 1.807) is 37.3 Å². The SMILES string of the molecule is Cc1ccccc1S(=O)(=O)NC(=O)c1cn(-c2ccccc2)nn1. The highest BCUT2D eigenvalue weighted by molar-refractivity contribution is 7.90. The van der Waals surface area contributed by atoms with E-state index in [9.17, 15) is 13.2 Å². The Morgan fingerprint density at radius 3 is 2.42 bits per heavy atom. The maximum atomic E-state index is 12.3. The zero-order valence-electron chi connectivity index (χ0n) is 12.7. The van der Waals surface area contributed by atoms with Crippen LogP contribution < -0.4 is 4.72 Å². The van der Waals surface area contributed by atoms with Crippen LogP contribution in [-0.2, 0) is 10.0 Å². The summed E-state index contributed by atoms with van der Waals surface area (Å²) in [6.07, 6.45) is 1.37. The molecule has 0 atom stereocenters. The highest BCUT2D eigenvalue weighted by Gasteiger charge is 2.22. The molecule has 24 heavy (non-hydrogen) atoms. The van der Waals surface area contributed by atoms with Gasteiger partial charge in [-0.3, -0.25) is 4.79 Å². The third-order valence-corrected chi connectivity index (χ3v) is 4.85. The summed E-state index contributed by atoms with van der Waals surface area (Å²) in [4.78, 5) is 12.2. The fraction of sp³-hybridized carbons (Fsp3) is 0.0625. The van der Waals surface area contributed by atoms with Gasteiger partial charge in [-0.25, -0.2) is 17.8 Å². The van der Waals surface area contributed by atoms with E-state index in [1.165, 1.54) is 16.9 Å². The molecule has 3 rings (SSSR count). The number of hydrogen-bond acceptors (Lipinski definition) is 5. The first-order valence-electron chi connectivity index (χ1n) is 7.08. The maximum absolute atomic E-state index is 12.3. The molecule has 1 aromatic heterocycles. The maximum Gasteiger partial charge on any atom is 0.287 e. The number of nitrogens with one attached hydrogen (secondary N) is 1. The number of benzene rings is 2. The second kappa shape index (κ2) is 6.25. The van der Waals surface area contributed by atoms with Gasteiger partial charge in [0.25, 0.3) is 15.9 Å². The van der Waals surface area contributed by atoms with E-state index in [2.05, 4.69) is 10.3 Å². The first-order valence-corrected chi connectivity index (χ1v) is 8.56. The van der Waals surface area contributed by atoms with Crippen molar-refractivity contribution in [3.8, 4) is 5.69 Å². The van der Waals surface area contributed by atoms with Crippen molar-refractivity contribution < 1.29 is 13.2 Å². The molecule has 0 bridgehead atoms. The molecule has 0 aliphatic rings. The molecule has 0 saturated carbocycles. The Hall–Kier alpha value is -3.00. The molecule has 122 valence electrons.